The summed E-state index contributed by atoms with van der Waals surface area (Å²) in [7, 11) is 1.49. The molecule has 6 nitrogen and oxygen atoms in total. The lowest BCUT2D eigenvalue weighted by molar-refractivity contribution is -0.117. The quantitative estimate of drug-likeness (QED) is 0.819. The number of nitrogens with zero attached hydrogens (tertiary/aromatic N) is 2. The summed E-state index contributed by atoms with van der Waals surface area (Å²) in [5.41, 5.74) is 0.875. The molecule has 0 aliphatic heterocycles. The fraction of sp³-hybridized carbons (Fsp3) is 0.389. The van der Waals surface area contributed by atoms with Crippen molar-refractivity contribution in [3.8, 4) is 5.75 Å². The molecule has 26 heavy (non-hydrogen) atoms. The van der Waals surface area contributed by atoms with Crippen molar-refractivity contribution >= 4 is 45.6 Å². The third-order valence-corrected chi connectivity index (χ3v) is 5.45. The Morgan fingerprint density at radius 1 is 1.35 bits per heavy atom. The molecule has 0 bridgehead atoms. The number of methoxy groups -OCH3 is 1. The number of amides is 2. The maximum atomic E-state index is 12.6. The van der Waals surface area contributed by atoms with Crippen LogP contribution in [0.4, 0.5) is 10.8 Å². The van der Waals surface area contributed by atoms with E-state index in [9.17, 15) is 9.59 Å². The predicted octanol–water partition coefficient (Wildman–Crippen LogP) is 4.35. The van der Waals surface area contributed by atoms with Gasteiger partial charge >= 0.3 is 0 Å². The van der Waals surface area contributed by atoms with Crippen molar-refractivity contribution < 1.29 is 14.3 Å². The van der Waals surface area contributed by atoms with Crippen LogP contribution >= 0.6 is 22.9 Å². The summed E-state index contributed by atoms with van der Waals surface area (Å²) in [5.74, 6) is -0.0657. The second kappa shape index (κ2) is 8.05. The molecule has 8 heteroatoms. The summed E-state index contributed by atoms with van der Waals surface area (Å²) in [6.07, 6.45) is 5.70. The highest BCUT2D eigenvalue weighted by Crippen LogP contribution is 2.37. The van der Waals surface area contributed by atoms with Crippen molar-refractivity contribution in [3.05, 3.63) is 34.3 Å². The Morgan fingerprint density at radius 3 is 2.65 bits per heavy atom. The molecule has 1 aliphatic rings. The summed E-state index contributed by atoms with van der Waals surface area (Å²) in [4.78, 5) is 30.6. The minimum atomic E-state index is -0.361. The minimum Gasteiger partial charge on any atom is -0.496 e. The number of benzene rings is 1. The first-order valence-electron chi connectivity index (χ1n) is 8.39. The Morgan fingerprint density at radius 2 is 2.08 bits per heavy atom. The van der Waals surface area contributed by atoms with Gasteiger partial charge in [0.25, 0.3) is 5.91 Å². The van der Waals surface area contributed by atoms with Gasteiger partial charge in [-0.3, -0.25) is 14.9 Å². The molecule has 2 amide bonds. The second-order valence-electron chi connectivity index (χ2n) is 6.12. The molecule has 0 radical (unpaired) electrons. The van der Waals surface area contributed by atoms with Gasteiger partial charge in [0, 0.05) is 30.6 Å². The minimum absolute atomic E-state index is 0.0687. The van der Waals surface area contributed by atoms with Gasteiger partial charge in [0.05, 0.1) is 23.4 Å². The van der Waals surface area contributed by atoms with Gasteiger partial charge in [-0.1, -0.05) is 24.4 Å². The number of hydrogen-bond acceptors (Lipinski definition) is 5. The van der Waals surface area contributed by atoms with Crippen LogP contribution in [0.15, 0.2) is 23.7 Å². The normalized spacial score (nSPS) is 14.3. The number of rotatable bonds is 5. The molecule has 1 fully saturated rings. The zero-order valence-corrected chi connectivity index (χ0v) is 16.2. The first-order chi connectivity index (χ1) is 12.5. The predicted molar refractivity (Wildman–Crippen MR) is 103 cm³/mol. The van der Waals surface area contributed by atoms with E-state index in [1.54, 1.807) is 28.6 Å². The zero-order valence-electron chi connectivity index (χ0n) is 14.6. The number of ether oxygens (including phenoxy) is 1. The third kappa shape index (κ3) is 3.83. The van der Waals surface area contributed by atoms with Crippen LogP contribution in [-0.2, 0) is 4.79 Å². The van der Waals surface area contributed by atoms with Crippen LogP contribution in [0.25, 0.3) is 0 Å². The van der Waals surface area contributed by atoms with Crippen molar-refractivity contribution in [2.45, 2.75) is 38.6 Å². The SMILES string of the molecule is COc1cc(N(C(C)=O)C2CCCC2)c(Cl)cc1C(=O)Nc1nccs1. The molecular weight excluding hydrogens is 374 g/mol. The van der Waals surface area contributed by atoms with Gasteiger partial charge in [0.2, 0.25) is 5.91 Å². The van der Waals surface area contributed by atoms with Crippen LogP contribution in [0.2, 0.25) is 5.02 Å². The summed E-state index contributed by atoms with van der Waals surface area (Å²) >= 11 is 7.78. The Balaban J connectivity index is 1.95. The standard InChI is InChI=1S/C18H20ClN3O3S/c1-11(23)22(12-5-3-4-6-12)15-10-16(25-2)13(9-14(15)19)17(24)21-18-20-7-8-26-18/h7-10,12H,3-6H2,1-2H3,(H,20,21,24). The van der Waals surface area contributed by atoms with Gasteiger partial charge in [-0.2, -0.15) is 0 Å². The zero-order chi connectivity index (χ0) is 18.7. The molecular formula is C18H20ClN3O3S. The summed E-state index contributed by atoms with van der Waals surface area (Å²) in [6, 6.07) is 3.34. The highest BCUT2D eigenvalue weighted by atomic mass is 35.5. The number of carbonyl (C=O) groups is 2. The maximum absolute atomic E-state index is 12.6. The molecule has 1 aromatic heterocycles. The lowest BCUT2D eigenvalue weighted by Gasteiger charge is -2.29. The van der Waals surface area contributed by atoms with Crippen LogP contribution in [0.3, 0.4) is 0 Å². The van der Waals surface area contributed by atoms with E-state index in [4.69, 9.17) is 16.3 Å². The lowest BCUT2D eigenvalue weighted by Crippen LogP contribution is -2.37. The molecule has 0 atom stereocenters. The molecule has 138 valence electrons. The molecule has 1 aromatic carbocycles. The van der Waals surface area contributed by atoms with Crippen molar-refractivity contribution in [2.75, 3.05) is 17.3 Å². The summed E-state index contributed by atoms with van der Waals surface area (Å²) < 4.78 is 5.40. The summed E-state index contributed by atoms with van der Waals surface area (Å²) in [5, 5.41) is 5.33. The van der Waals surface area contributed by atoms with Crippen LogP contribution in [0.5, 0.6) is 5.75 Å². The van der Waals surface area contributed by atoms with Crippen LogP contribution in [0, 0.1) is 0 Å². The van der Waals surface area contributed by atoms with Crippen LogP contribution < -0.4 is 15.0 Å². The Kier molecular flexibility index (Phi) is 5.78. The molecule has 0 spiro atoms. The van der Waals surface area contributed by atoms with E-state index in [0.717, 1.165) is 25.7 Å². The van der Waals surface area contributed by atoms with Gasteiger partial charge in [-0.05, 0) is 18.9 Å². The molecule has 2 aromatic rings. The van der Waals surface area contributed by atoms with Gasteiger partial charge in [0.1, 0.15) is 5.75 Å². The van der Waals surface area contributed by atoms with Crippen molar-refractivity contribution in [1.29, 1.82) is 0 Å². The van der Waals surface area contributed by atoms with E-state index >= 15 is 0 Å². The number of anilines is 2. The smallest absolute Gasteiger partial charge is 0.261 e. The fourth-order valence-corrected chi connectivity index (χ4v) is 4.09. The fourth-order valence-electron chi connectivity index (χ4n) is 3.31. The van der Waals surface area contributed by atoms with Crippen LogP contribution in [0.1, 0.15) is 43.0 Å². The molecule has 1 saturated carbocycles. The van der Waals surface area contributed by atoms with E-state index in [2.05, 4.69) is 10.3 Å². The number of thiazole rings is 1. The Bertz CT molecular complexity index is 804. The molecule has 1 N–H and O–H groups in total. The van der Waals surface area contributed by atoms with Crippen molar-refractivity contribution in [1.82, 2.24) is 4.98 Å². The first-order valence-corrected chi connectivity index (χ1v) is 9.65. The van der Waals surface area contributed by atoms with E-state index in [1.807, 2.05) is 0 Å². The largest absolute Gasteiger partial charge is 0.496 e. The third-order valence-electron chi connectivity index (χ3n) is 4.45. The first kappa shape index (κ1) is 18.7. The van der Waals surface area contributed by atoms with Crippen molar-refractivity contribution in [3.63, 3.8) is 0 Å². The van der Waals surface area contributed by atoms with E-state index < -0.39 is 0 Å². The molecule has 0 saturated heterocycles. The highest BCUT2D eigenvalue weighted by molar-refractivity contribution is 7.13. The number of halogens is 1. The maximum Gasteiger partial charge on any atom is 0.261 e. The Hall–Kier alpha value is -2.12. The van der Waals surface area contributed by atoms with Crippen molar-refractivity contribution in [2.24, 2.45) is 0 Å². The number of hydrogen-bond donors (Lipinski definition) is 1. The van der Waals surface area contributed by atoms with E-state index in [1.165, 1.54) is 25.4 Å². The van der Waals surface area contributed by atoms with Gasteiger partial charge in [0.15, 0.2) is 5.13 Å². The molecule has 3 rings (SSSR count). The van der Waals surface area contributed by atoms with Gasteiger partial charge in [-0.25, -0.2) is 4.98 Å². The van der Waals surface area contributed by atoms with E-state index in [-0.39, 0.29) is 17.9 Å². The lowest BCUT2D eigenvalue weighted by atomic mass is 10.1. The van der Waals surface area contributed by atoms with Crippen LogP contribution in [-0.4, -0.2) is 29.9 Å². The number of aromatic nitrogens is 1. The molecule has 1 heterocycles. The highest BCUT2D eigenvalue weighted by Gasteiger charge is 2.29. The average molecular weight is 394 g/mol. The van der Waals surface area contributed by atoms with Gasteiger partial charge < -0.3 is 9.64 Å². The Labute approximate surface area is 161 Å². The topological polar surface area (TPSA) is 71.5 Å². The number of nitrogens with one attached hydrogen (secondary N) is 1. The second-order valence-corrected chi connectivity index (χ2v) is 7.42. The van der Waals surface area contributed by atoms with Gasteiger partial charge in [-0.15, -0.1) is 11.3 Å². The monoisotopic (exact) mass is 393 g/mol. The molecule has 0 unspecified atom stereocenters. The molecule has 1 aliphatic carbocycles. The van der Waals surface area contributed by atoms with E-state index in [0.29, 0.717) is 27.2 Å². The average Bonchev–Trinajstić information content (AvgIpc) is 3.30. The summed E-state index contributed by atoms with van der Waals surface area (Å²) in [6.45, 7) is 1.53. The number of carbonyl (C=O) groups excluding carboxylic acids is 2.